The number of amidine groups is 1. The molecule has 2 heterocycles. The third-order valence-electron chi connectivity index (χ3n) is 4.76. The summed E-state index contributed by atoms with van der Waals surface area (Å²) >= 11 is 1.84. The van der Waals surface area contributed by atoms with Crippen molar-refractivity contribution < 1.29 is 1.43 Å². The second-order valence-electron chi connectivity index (χ2n) is 6.52. The maximum absolute atomic E-state index is 5.09. The Morgan fingerprint density at radius 2 is 1.78 bits per heavy atom. The Morgan fingerprint density at radius 3 is 2.70 bits per heavy atom. The number of hydrogen-bond donors (Lipinski definition) is 0. The lowest BCUT2D eigenvalue weighted by atomic mass is 10.0. The second kappa shape index (κ2) is 6.40. The van der Waals surface area contributed by atoms with Gasteiger partial charge in [-0.05, 0) is 43.4 Å². The summed E-state index contributed by atoms with van der Waals surface area (Å²) in [6.45, 7) is 4.60. The van der Waals surface area contributed by atoms with E-state index in [4.69, 9.17) is 4.99 Å². The van der Waals surface area contributed by atoms with Gasteiger partial charge in [-0.15, -0.1) is 0 Å². The SMILES string of the molecule is CC1CCCN(C2=Nc3ccccc3Sc3ccccc32)CC1.[HH]. The van der Waals surface area contributed by atoms with Gasteiger partial charge in [-0.25, -0.2) is 4.99 Å². The molecule has 2 nitrogen and oxygen atoms in total. The van der Waals surface area contributed by atoms with Crippen LogP contribution in [0.1, 0.15) is 33.2 Å². The highest BCUT2D eigenvalue weighted by Gasteiger charge is 2.23. The van der Waals surface area contributed by atoms with Gasteiger partial charge in [0.2, 0.25) is 0 Å². The van der Waals surface area contributed by atoms with Crippen molar-refractivity contribution in [2.75, 3.05) is 13.1 Å². The van der Waals surface area contributed by atoms with Crippen molar-refractivity contribution in [2.45, 2.75) is 36.0 Å². The summed E-state index contributed by atoms with van der Waals surface area (Å²) in [5.74, 6) is 1.98. The largest absolute Gasteiger partial charge is 0.356 e. The predicted octanol–water partition coefficient (Wildman–Crippen LogP) is 5.60. The van der Waals surface area contributed by atoms with Gasteiger partial charge in [0.25, 0.3) is 0 Å². The van der Waals surface area contributed by atoms with Gasteiger partial charge in [0.1, 0.15) is 5.84 Å². The van der Waals surface area contributed by atoms with E-state index in [1.54, 1.807) is 0 Å². The van der Waals surface area contributed by atoms with E-state index in [0.717, 1.165) is 30.5 Å². The predicted molar refractivity (Wildman–Crippen MR) is 99.9 cm³/mol. The maximum atomic E-state index is 5.09. The number of rotatable bonds is 0. The summed E-state index contributed by atoms with van der Waals surface area (Å²) in [7, 11) is 0. The molecular formula is C20H24N2S. The minimum absolute atomic E-state index is 0. The first-order chi connectivity index (χ1) is 11.3. The summed E-state index contributed by atoms with van der Waals surface area (Å²) in [5, 5.41) is 0. The zero-order valence-corrected chi connectivity index (χ0v) is 14.4. The van der Waals surface area contributed by atoms with Gasteiger partial charge in [-0.1, -0.05) is 49.0 Å². The standard InChI is InChI=1S/C20H22N2S.H2/c1-15-7-6-13-22(14-12-15)20-16-8-2-4-10-18(16)23-19-11-5-3-9-17(19)21-20;/h2-5,8-11,15H,6-7,12-14H2,1H3;1H. The normalized spacial score (nSPS) is 20.8. The van der Waals surface area contributed by atoms with Crippen LogP contribution < -0.4 is 0 Å². The lowest BCUT2D eigenvalue weighted by Gasteiger charge is -2.25. The third-order valence-corrected chi connectivity index (χ3v) is 5.90. The lowest BCUT2D eigenvalue weighted by molar-refractivity contribution is 0.425. The molecule has 0 saturated carbocycles. The molecule has 2 aromatic rings. The number of aliphatic imine (C=N–C) groups is 1. The Hall–Kier alpha value is -1.74. The van der Waals surface area contributed by atoms with E-state index in [-0.39, 0.29) is 1.43 Å². The minimum atomic E-state index is 0. The summed E-state index contributed by atoms with van der Waals surface area (Å²) in [4.78, 5) is 10.2. The van der Waals surface area contributed by atoms with E-state index in [1.807, 2.05) is 11.8 Å². The van der Waals surface area contributed by atoms with Gasteiger partial charge < -0.3 is 4.90 Å². The molecule has 4 rings (SSSR count). The summed E-state index contributed by atoms with van der Waals surface area (Å²) in [6, 6.07) is 17.2. The van der Waals surface area contributed by atoms with E-state index in [0.29, 0.717) is 0 Å². The Balaban J connectivity index is 0.00000169. The van der Waals surface area contributed by atoms with Crippen molar-refractivity contribution >= 4 is 23.3 Å². The molecule has 0 bridgehead atoms. The first-order valence-electron chi connectivity index (χ1n) is 8.51. The van der Waals surface area contributed by atoms with Crippen LogP contribution in [0.25, 0.3) is 0 Å². The highest BCUT2D eigenvalue weighted by Crippen LogP contribution is 2.40. The number of fused-ring (bicyclic) bond motifs is 2. The van der Waals surface area contributed by atoms with Crippen LogP contribution in [-0.2, 0) is 0 Å². The van der Waals surface area contributed by atoms with Crippen LogP contribution in [0.3, 0.4) is 0 Å². The molecule has 0 aromatic heterocycles. The Bertz CT molecular complexity index is 744. The molecule has 1 fully saturated rings. The number of para-hydroxylation sites is 1. The molecular weight excluding hydrogens is 300 g/mol. The molecule has 2 aliphatic heterocycles. The third kappa shape index (κ3) is 3.02. The quantitative estimate of drug-likeness (QED) is 0.627. The van der Waals surface area contributed by atoms with E-state index >= 15 is 0 Å². The maximum Gasteiger partial charge on any atom is 0.137 e. The molecule has 23 heavy (non-hydrogen) atoms. The zero-order chi connectivity index (χ0) is 15.6. The van der Waals surface area contributed by atoms with Crippen LogP contribution in [0, 0.1) is 5.92 Å². The fourth-order valence-corrected chi connectivity index (χ4v) is 4.40. The van der Waals surface area contributed by atoms with Crippen LogP contribution in [0.2, 0.25) is 0 Å². The van der Waals surface area contributed by atoms with Gasteiger partial charge in [-0.3, -0.25) is 0 Å². The molecule has 1 saturated heterocycles. The van der Waals surface area contributed by atoms with Gasteiger partial charge in [-0.2, -0.15) is 0 Å². The molecule has 1 atom stereocenters. The lowest BCUT2D eigenvalue weighted by Crippen LogP contribution is -2.32. The van der Waals surface area contributed by atoms with Crippen molar-refractivity contribution in [1.82, 2.24) is 4.90 Å². The fraction of sp³-hybridized carbons (Fsp3) is 0.350. The molecule has 0 aliphatic carbocycles. The average Bonchev–Trinajstić information content (AvgIpc) is 2.88. The molecule has 0 radical (unpaired) electrons. The minimum Gasteiger partial charge on any atom is -0.356 e. The monoisotopic (exact) mass is 324 g/mol. The van der Waals surface area contributed by atoms with Gasteiger partial charge in [0, 0.05) is 29.9 Å². The zero-order valence-electron chi connectivity index (χ0n) is 13.5. The second-order valence-corrected chi connectivity index (χ2v) is 7.61. The van der Waals surface area contributed by atoms with Crippen molar-refractivity contribution in [1.29, 1.82) is 0 Å². The van der Waals surface area contributed by atoms with Crippen molar-refractivity contribution in [3.8, 4) is 0 Å². The average molecular weight is 324 g/mol. The smallest absolute Gasteiger partial charge is 0.137 e. The fourth-order valence-electron chi connectivity index (χ4n) is 3.38. The van der Waals surface area contributed by atoms with Gasteiger partial charge in [0.15, 0.2) is 0 Å². The van der Waals surface area contributed by atoms with Crippen LogP contribution in [-0.4, -0.2) is 23.8 Å². The number of likely N-dealkylation sites (tertiary alicyclic amines) is 1. The first-order valence-corrected chi connectivity index (χ1v) is 9.33. The molecule has 2 aliphatic rings. The van der Waals surface area contributed by atoms with Gasteiger partial charge >= 0.3 is 0 Å². The highest BCUT2D eigenvalue weighted by molar-refractivity contribution is 7.99. The Morgan fingerprint density at radius 1 is 1.00 bits per heavy atom. The van der Waals surface area contributed by atoms with Crippen LogP contribution >= 0.6 is 11.8 Å². The van der Waals surface area contributed by atoms with Crippen LogP contribution in [0.4, 0.5) is 5.69 Å². The molecule has 3 heteroatoms. The Kier molecular flexibility index (Phi) is 4.13. The summed E-state index contributed by atoms with van der Waals surface area (Å²) in [6.07, 6.45) is 3.85. The van der Waals surface area contributed by atoms with E-state index in [1.165, 1.54) is 34.6 Å². The number of nitrogens with zero attached hydrogens (tertiary/aromatic N) is 2. The van der Waals surface area contributed by atoms with Crippen molar-refractivity contribution in [3.05, 3.63) is 54.1 Å². The Labute approximate surface area is 144 Å². The van der Waals surface area contributed by atoms with Crippen LogP contribution in [0.5, 0.6) is 0 Å². The molecule has 2 aromatic carbocycles. The molecule has 120 valence electrons. The summed E-state index contributed by atoms with van der Waals surface area (Å²) in [5.41, 5.74) is 2.38. The first kappa shape index (κ1) is 14.8. The topological polar surface area (TPSA) is 15.6 Å². The molecule has 1 unspecified atom stereocenters. The van der Waals surface area contributed by atoms with E-state index < -0.39 is 0 Å². The van der Waals surface area contributed by atoms with Crippen LogP contribution in [0.15, 0.2) is 63.3 Å². The highest BCUT2D eigenvalue weighted by atomic mass is 32.2. The van der Waals surface area contributed by atoms with E-state index in [2.05, 4.69) is 60.4 Å². The number of hydrogen-bond acceptors (Lipinski definition) is 3. The van der Waals surface area contributed by atoms with Crippen molar-refractivity contribution in [2.24, 2.45) is 10.9 Å². The van der Waals surface area contributed by atoms with E-state index in [9.17, 15) is 0 Å². The molecule has 0 N–H and O–H groups in total. The van der Waals surface area contributed by atoms with Gasteiger partial charge in [0.05, 0.1) is 5.69 Å². The summed E-state index contributed by atoms with van der Waals surface area (Å²) < 4.78 is 0. The van der Waals surface area contributed by atoms with Crippen molar-refractivity contribution in [3.63, 3.8) is 0 Å². The molecule has 0 amide bonds. The molecule has 0 spiro atoms. The number of benzene rings is 2.